The molecular weight excluding hydrogens is 732 g/mol. The highest BCUT2D eigenvalue weighted by Gasteiger charge is 2.29. The molecule has 0 bridgehead atoms. The number of rotatable bonds is 9. The Labute approximate surface area is 302 Å². The van der Waals surface area contributed by atoms with Crippen molar-refractivity contribution in [3.8, 4) is 11.3 Å². The van der Waals surface area contributed by atoms with E-state index in [1.807, 2.05) is 66.0 Å². The fraction of sp³-hybridized carbons (Fsp3) is 0.0286. The number of thioether (sulfide) groups is 1. The van der Waals surface area contributed by atoms with Gasteiger partial charge in [-0.05, 0) is 46.7 Å². The lowest BCUT2D eigenvalue weighted by Gasteiger charge is -2.17. The molecule has 48 heavy (non-hydrogen) atoms. The number of nitrogens with one attached hydrogen (secondary N) is 2. The highest BCUT2D eigenvalue weighted by molar-refractivity contribution is 8.00. The van der Waals surface area contributed by atoms with E-state index >= 15 is 0 Å². The molecule has 1 heterocycles. The van der Waals surface area contributed by atoms with Crippen molar-refractivity contribution in [3.63, 3.8) is 0 Å². The SMILES string of the molecule is O=C(O)c1c(Cl)c(Cl)c(Cl)c(Cl)c1C(=O)Nc1ccc(SC(C(=O)Nc2nc(-c3ccc4ccccc4c3)cs2)c2ccccc2)cc1. The molecule has 0 spiro atoms. The third-order valence-corrected chi connectivity index (χ3v) is 11.0. The Morgan fingerprint density at radius 3 is 2.06 bits per heavy atom. The molecule has 0 saturated carbocycles. The molecule has 1 atom stereocenters. The van der Waals surface area contributed by atoms with Gasteiger partial charge in [0.1, 0.15) is 5.25 Å². The summed E-state index contributed by atoms with van der Waals surface area (Å²) >= 11 is 27.1. The van der Waals surface area contributed by atoms with Crippen molar-refractivity contribution in [2.24, 2.45) is 0 Å². The first-order valence-electron chi connectivity index (χ1n) is 14.1. The van der Waals surface area contributed by atoms with Gasteiger partial charge in [0.25, 0.3) is 5.91 Å². The van der Waals surface area contributed by atoms with Crippen LogP contribution in [-0.4, -0.2) is 27.9 Å². The topological polar surface area (TPSA) is 108 Å². The van der Waals surface area contributed by atoms with Crippen LogP contribution in [0.15, 0.2) is 107 Å². The minimum Gasteiger partial charge on any atom is -0.478 e. The molecule has 0 saturated heterocycles. The number of thiazole rings is 1. The summed E-state index contributed by atoms with van der Waals surface area (Å²) < 4.78 is 0. The maximum atomic E-state index is 13.7. The third-order valence-electron chi connectivity index (χ3n) is 7.19. The Bertz CT molecular complexity index is 2190. The van der Waals surface area contributed by atoms with E-state index in [0.29, 0.717) is 10.8 Å². The summed E-state index contributed by atoms with van der Waals surface area (Å²) in [5.74, 6) is -2.59. The zero-order valence-electron chi connectivity index (χ0n) is 24.3. The van der Waals surface area contributed by atoms with E-state index in [2.05, 4.69) is 27.8 Å². The Morgan fingerprint density at radius 2 is 1.38 bits per heavy atom. The number of fused-ring (bicyclic) bond motifs is 1. The van der Waals surface area contributed by atoms with Gasteiger partial charge in [-0.25, -0.2) is 9.78 Å². The average Bonchev–Trinajstić information content (AvgIpc) is 3.56. The van der Waals surface area contributed by atoms with E-state index in [1.54, 1.807) is 24.3 Å². The van der Waals surface area contributed by atoms with E-state index in [-0.39, 0.29) is 21.0 Å². The second-order valence-corrected chi connectivity index (χ2v) is 13.8. The van der Waals surface area contributed by atoms with Crippen molar-refractivity contribution in [3.05, 3.63) is 139 Å². The highest BCUT2D eigenvalue weighted by atomic mass is 35.5. The molecule has 0 radical (unpaired) electrons. The quantitative estimate of drug-likeness (QED) is 0.0771. The normalized spacial score (nSPS) is 11.7. The maximum Gasteiger partial charge on any atom is 0.338 e. The Hall–Kier alpha value is -4.09. The van der Waals surface area contributed by atoms with Gasteiger partial charge in [-0.15, -0.1) is 23.1 Å². The van der Waals surface area contributed by atoms with Crippen LogP contribution in [0, 0.1) is 0 Å². The predicted octanol–water partition coefficient (Wildman–Crippen LogP) is 11.0. The first-order valence-corrected chi connectivity index (χ1v) is 17.4. The molecule has 0 aliphatic heterocycles. The number of aromatic nitrogens is 1. The first-order chi connectivity index (χ1) is 23.1. The van der Waals surface area contributed by atoms with Crippen LogP contribution in [-0.2, 0) is 4.79 Å². The monoisotopic (exact) mass is 751 g/mol. The summed E-state index contributed by atoms with van der Waals surface area (Å²) in [5, 5.41) is 18.0. The number of nitrogens with zero attached hydrogens (tertiary/aromatic N) is 1. The number of carbonyl (C=O) groups excluding carboxylic acids is 2. The molecule has 3 N–H and O–H groups in total. The van der Waals surface area contributed by atoms with Gasteiger partial charge in [0.05, 0.1) is 36.9 Å². The molecule has 1 aromatic heterocycles. The minimum absolute atomic E-state index is 0.238. The lowest BCUT2D eigenvalue weighted by molar-refractivity contribution is -0.115. The molecule has 0 aliphatic rings. The fourth-order valence-corrected chi connectivity index (χ4v) is 7.64. The minimum atomic E-state index is -1.50. The smallest absolute Gasteiger partial charge is 0.338 e. The van der Waals surface area contributed by atoms with Crippen molar-refractivity contribution in [2.45, 2.75) is 10.1 Å². The van der Waals surface area contributed by atoms with Crippen molar-refractivity contribution in [1.29, 1.82) is 0 Å². The molecule has 240 valence electrons. The number of hydrogen-bond acceptors (Lipinski definition) is 6. The van der Waals surface area contributed by atoms with Crippen molar-refractivity contribution in [2.75, 3.05) is 10.6 Å². The first kappa shape index (κ1) is 33.8. The molecule has 1 unspecified atom stereocenters. The third kappa shape index (κ3) is 7.17. The Morgan fingerprint density at radius 1 is 0.729 bits per heavy atom. The fourth-order valence-electron chi connectivity index (χ4n) is 4.88. The van der Waals surface area contributed by atoms with Gasteiger partial charge in [0.2, 0.25) is 5.91 Å². The van der Waals surface area contributed by atoms with E-state index in [1.165, 1.54) is 23.1 Å². The molecule has 13 heteroatoms. The summed E-state index contributed by atoms with van der Waals surface area (Å²) in [5.41, 5.74) is 1.85. The number of amides is 2. The van der Waals surface area contributed by atoms with Crippen LogP contribution in [0.4, 0.5) is 10.8 Å². The zero-order chi connectivity index (χ0) is 33.9. The van der Waals surface area contributed by atoms with Crippen LogP contribution in [0.2, 0.25) is 20.1 Å². The van der Waals surface area contributed by atoms with E-state index < -0.39 is 33.3 Å². The van der Waals surface area contributed by atoms with Gasteiger partial charge in [-0.3, -0.25) is 9.59 Å². The number of aromatic carboxylic acids is 1. The molecule has 5 aromatic carbocycles. The number of carbonyl (C=O) groups is 3. The summed E-state index contributed by atoms with van der Waals surface area (Å²) in [7, 11) is 0. The van der Waals surface area contributed by atoms with Crippen molar-refractivity contribution < 1.29 is 19.5 Å². The number of benzene rings is 5. The van der Waals surface area contributed by atoms with Crippen LogP contribution >= 0.6 is 69.5 Å². The Balaban J connectivity index is 1.19. The van der Waals surface area contributed by atoms with Crippen LogP contribution in [0.25, 0.3) is 22.0 Å². The van der Waals surface area contributed by atoms with Crippen molar-refractivity contribution in [1.82, 2.24) is 4.98 Å². The standard InChI is InChI=1S/C35H21Cl4N3O4S2/c36-27-25(26(34(45)46)28(37)30(39)29(27)38)32(43)40-22-12-14-23(15-13-22)48-31(19-7-2-1-3-8-19)33(44)42-35-41-24(17-47-35)21-11-10-18-6-4-5-9-20(18)16-21/h1-17,31H,(H,40,43)(H,45,46)(H,41,42,44). The molecule has 6 rings (SSSR count). The van der Waals surface area contributed by atoms with E-state index in [4.69, 9.17) is 46.4 Å². The molecular formula is C35H21Cl4N3O4S2. The molecule has 6 aromatic rings. The van der Waals surface area contributed by atoms with E-state index in [9.17, 15) is 19.5 Å². The number of hydrogen-bond donors (Lipinski definition) is 3. The second-order valence-electron chi connectivity index (χ2n) is 10.3. The van der Waals surface area contributed by atoms with Gasteiger partial charge in [0.15, 0.2) is 5.13 Å². The summed E-state index contributed by atoms with van der Waals surface area (Å²) in [6, 6.07) is 30.3. The molecule has 0 aliphatic carbocycles. The summed E-state index contributed by atoms with van der Waals surface area (Å²) in [6.45, 7) is 0. The molecule has 0 fully saturated rings. The average molecular weight is 754 g/mol. The number of halogens is 4. The number of carboxylic acids is 1. The van der Waals surface area contributed by atoms with Crippen LogP contribution in [0.1, 0.15) is 31.5 Å². The molecule has 2 amide bonds. The lowest BCUT2D eigenvalue weighted by Crippen LogP contribution is -2.19. The predicted molar refractivity (Wildman–Crippen MR) is 197 cm³/mol. The van der Waals surface area contributed by atoms with Gasteiger partial charge in [-0.2, -0.15) is 0 Å². The maximum absolute atomic E-state index is 13.7. The van der Waals surface area contributed by atoms with Crippen molar-refractivity contribution >= 4 is 109 Å². The number of carboxylic acid groups (broad SMARTS) is 1. The summed E-state index contributed by atoms with van der Waals surface area (Å²) in [4.78, 5) is 44.2. The molecule has 7 nitrogen and oxygen atoms in total. The zero-order valence-corrected chi connectivity index (χ0v) is 29.0. The van der Waals surface area contributed by atoms with Crippen LogP contribution in [0.5, 0.6) is 0 Å². The van der Waals surface area contributed by atoms with Crippen LogP contribution in [0.3, 0.4) is 0 Å². The van der Waals surface area contributed by atoms with Gasteiger partial charge >= 0.3 is 5.97 Å². The van der Waals surface area contributed by atoms with Gasteiger partial charge in [-0.1, -0.05) is 113 Å². The largest absolute Gasteiger partial charge is 0.478 e. The summed E-state index contributed by atoms with van der Waals surface area (Å²) in [6.07, 6.45) is 0. The lowest BCUT2D eigenvalue weighted by atomic mass is 10.1. The number of anilines is 2. The highest BCUT2D eigenvalue weighted by Crippen LogP contribution is 2.42. The second kappa shape index (κ2) is 14.6. The van der Waals surface area contributed by atoms with Gasteiger partial charge < -0.3 is 15.7 Å². The van der Waals surface area contributed by atoms with Crippen LogP contribution < -0.4 is 10.6 Å². The van der Waals surface area contributed by atoms with E-state index in [0.717, 1.165) is 32.5 Å². The van der Waals surface area contributed by atoms with Gasteiger partial charge in [0, 0.05) is 21.5 Å². The Kier molecular flexibility index (Phi) is 10.3.